The van der Waals surface area contributed by atoms with Crippen LogP contribution in [-0.2, 0) is 0 Å². The largest absolute Gasteiger partial charge is 0.530 e. The van der Waals surface area contributed by atoms with Crippen molar-refractivity contribution in [3.05, 3.63) is 36.0 Å². The predicted molar refractivity (Wildman–Crippen MR) is 77.0 cm³/mol. The van der Waals surface area contributed by atoms with Crippen molar-refractivity contribution in [1.82, 2.24) is 10.2 Å². The molecule has 0 atom stereocenters. The van der Waals surface area contributed by atoms with Gasteiger partial charge in [-0.05, 0) is 39.0 Å². The van der Waals surface area contributed by atoms with Crippen molar-refractivity contribution >= 4 is 18.1 Å². The van der Waals surface area contributed by atoms with E-state index < -0.39 is 11.6 Å². The summed E-state index contributed by atoms with van der Waals surface area (Å²) in [5.74, 6) is 0. The summed E-state index contributed by atoms with van der Waals surface area (Å²) in [5, 5.41) is 17.9. The summed E-state index contributed by atoms with van der Waals surface area (Å²) in [6.45, 7) is 5.38. The summed E-state index contributed by atoms with van der Waals surface area (Å²) in [6, 6.07) is 8.50. The van der Waals surface area contributed by atoms with Gasteiger partial charge in [0.2, 0.25) is 0 Å². The number of amides is 1. The van der Waals surface area contributed by atoms with Crippen LogP contribution in [0.5, 0.6) is 0 Å². The molecule has 0 bridgehead atoms. The zero-order valence-electron chi connectivity index (χ0n) is 12.1. The molecule has 0 unspecified atom stereocenters. The van der Waals surface area contributed by atoms with Crippen LogP contribution in [0, 0.1) is 0 Å². The lowest BCUT2D eigenvalue weighted by atomic mass is 10.0. The zero-order valence-corrected chi connectivity index (χ0v) is 12.1. The van der Waals surface area contributed by atoms with Gasteiger partial charge in [0.15, 0.2) is 6.29 Å². The Balaban J connectivity index is 2.33. The quantitative estimate of drug-likeness (QED) is 0.872. The summed E-state index contributed by atoms with van der Waals surface area (Å²) in [5.41, 5.74) is 1.73. The Morgan fingerprint density at radius 1 is 1.29 bits per heavy atom. The number of rotatable bonds is 3. The molecule has 0 aliphatic carbocycles. The fourth-order valence-electron chi connectivity index (χ4n) is 2.09. The van der Waals surface area contributed by atoms with Crippen LogP contribution < -0.4 is 10.0 Å². The molecule has 110 valence electrons. The van der Waals surface area contributed by atoms with Crippen LogP contribution in [-0.4, -0.2) is 28.1 Å². The van der Waals surface area contributed by atoms with Crippen molar-refractivity contribution < 1.29 is 14.7 Å². The highest BCUT2D eigenvalue weighted by Crippen LogP contribution is 2.26. The smallest absolute Gasteiger partial charge is 0.167 e. The van der Waals surface area contributed by atoms with Crippen molar-refractivity contribution in [1.29, 1.82) is 0 Å². The number of carbonyl (C=O) groups is 2. The Labute approximate surface area is 122 Å². The molecular formula is C15H16N3O3-. The first-order valence-corrected chi connectivity index (χ1v) is 6.45. The molecule has 1 heterocycles. The van der Waals surface area contributed by atoms with E-state index in [1.807, 2.05) is 0 Å². The Bertz CT molecular complexity index is 654. The van der Waals surface area contributed by atoms with Crippen LogP contribution in [0.15, 0.2) is 30.3 Å². The Kier molecular flexibility index (Phi) is 3.80. The number of carbonyl (C=O) groups excluding carboxylic acids is 2. The predicted octanol–water partition coefficient (Wildman–Crippen LogP) is 1.84. The van der Waals surface area contributed by atoms with Crippen molar-refractivity contribution in [2.24, 2.45) is 0 Å². The summed E-state index contributed by atoms with van der Waals surface area (Å²) in [4.78, 5) is 23.1. The fraction of sp³-hybridized carbons (Fsp3) is 0.267. The number of nitrogens with one attached hydrogen (secondary N) is 1. The third kappa shape index (κ3) is 3.10. The van der Waals surface area contributed by atoms with Gasteiger partial charge in [0.05, 0.1) is 11.4 Å². The number of hydrogen-bond donors (Lipinski definition) is 1. The molecule has 0 aliphatic heterocycles. The molecule has 0 saturated carbocycles. The van der Waals surface area contributed by atoms with E-state index >= 15 is 0 Å². The molecule has 21 heavy (non-hydrogen) atoms. The number of aldehydes is 1. The molecule has 0 radical (unpaired) electrons. The fourth-order valence-corrected chi connectivity index (χ4v) is 2.09. The molecule has 2 aromatic rings. The van der Waals surface area contributed by atoms with E-state index in [0.29, 0.717) is 23.4 Å². The summed E-state index contributed by atoms with van der Waals surface area (Å²) >= 11 is 0. The monoisotopic (exact) mass is 286 g/mol. The van der Waals surface area contributed by atoms with Gasteiger partial charge in [-0.25, -0.2) is 0 Å². The van der Waals surface area contributed by atoms with Crippen LogP contribution in [0.1, 0.15) is 31.3 Å². The first-order chi connectivity index (χ1) is 9.82. The molecule has 0 aliphatic rings. The molecule has 1 amide bonds. The summed E-state index contributed by atoms with van der Waals surface area (Å²) in [6.07, 6.45) is -0.569. The van der Waals surface area contributed by atoms with E-state index in [1.54, 1.807) is 51.1 Å². The number of H-pyrrole nitrogens is 1. The van der Waals surface area contributed by atoms with Gasteiger partial charge in [0, 0.05) is 16.8 Å². The molecule has 1 N–H and O–H groups in total. The van der Waals surface area contributed by atoms with E-state index in [2.05, 4.69) is 10.2 Å². The molecule has 6 heteroatoms. The molecule has 0 spiro atoms. The highest BCUT2D eigenvalue weighted by Gasteiger charge is 2.22. The number of aromatic nitrogens is 2. The average Bonchev–Trinajstić information content (AvgIpc) is 2.86. The Morgan fingerprint density at radius 3 is 2.33 bits per heavy atom. The average molecular weight is 286 g/mol. The van der Waals surface area contributed by atoms with Crippen LogP contribution in [0.25, 0.3) is 11.3 Å². The van der Waals surface area contributed by atoms with Gasteiger partial charge in [0.25, 0.3) is 0 Å². The van der Waals surface area contributed by atoms with Gasteiger partial charge in [-0.1, -0.05) is 12.1 Å². The van der Waals surface area contributed by atoms with Gasteiger partial charge >= 0.3 is 0 Å². The van der Waals surface area contributed by atoms with Crippen LogP contribution in [0.4, 0.5) is 10.5 Å². The standard InChI is InChI=1S/C15H17N3O3/c1-15(2,3)18(14(20)21)12-6-4-10(5-7-12)13-8-11(9-19)16-17-13/h4-9H,1-3H3,(H,16,17)(H,20,21)/p-1. The molecule has 1 aromatic heterocycles. The lowest BCUT2D eigenvalue weighted by Gasteiger charge is -2.37. The second-order valence-corrected chi connectivity index (χ2v) is 5.65. The normalized spacial score (nSPS) is 11.2. The molecule has 0 fully saturated rings. The van der Waals surface area contributed by atoms with Crippen molar-refractivity contribution in [2.75, 3.05) is 4.90 Å². The first kappa shape index (κ1) is 14.8. The lowest BCUT2D eigenvalue weighted by Crippen LogP contribution is -2.52. The number of carboxylic acid groups (broad SMARTS) is 1. The molecular weight excluding hydrogens is 270 g/mol. The Hall–Kier alpha value is -2.63. The molecule has 6 nitrogen and oxygen atoms in total. The van der Waals surface area contributed by atoms with Gasteiger partial charge in [-0.15, -0.1) is 0 Å². The van der Waals surface area contributed by atoms with Gasteiger partial charge in [-0.3, -0.25) is 9.89 Å². The van der Waals surface area contributed by atoms with Gasteiger partial charge < -0.3 is 14.8 Å². The second kappa shape index (κ2) is 5.40. The van der Waals surface area contributed by atoms with E-state index in [-0.39, 0.29) is 0 Å². The van der Waals surface area contributed by atoms with Crippen molar-refractivity contribution in [3.8, 4) is 11.3 Å². The number of nitrogens with zero attached hydrogens (tertiary/aromatic N) is 2. The first-order valence-electron chi connectivity index (χ1n) is 6.45. The third-order valence-electron chi connectivity index (χ3n) is 3.00. The lowest BCUT2D eigenvalue weighted by molar-refractivity contribution is -0.247. The van der Waals surface area contributed by atoms with Gasteiger partial charge in [-0.2, -0.15) is 5.10 Å². The molecule has 1 aromatic carbocycles. The minimum absolute atomic E-state index is 0.389. The van der Waals surface area contributed by atoms with Crippen molar-refractivity contribution in [3.63, 3.8) is 0 Å². The van der Waals surface area contributed by atoms with E-state index in [9.17, 15) is 14.7 Å². The van der Waals surface area contributed by atoms with E-state index in [0.717, 1.165) is 5.56 Å². The maximum atomic E-state index is 11.3. The zero-order chi connectivity index (χ0) is 15.6. The maximum Gasteiger partial charge on any atom is 0.167 e. The number of anilines is 1. The summed E-state index contributed by atoms with van der Waals surface area (Å²) < 4.78 is 0. The highest BCUT2D eigenvalue weighted by atomic mass is 16.4. The number of benzene rings is 1. The number of aromatic amines is 1. The minimum atomic E-state index is -1.25. The Morgan fingerprint density at radius 2 is 1.90 bits per heavy atom. The highest BCUT2D eigenvalue weighted by molar-refractivity contribution is 5.86. The van der Waals surface area contributed by atoms with E-state index in [4.69, 9.17) is 0 Å². The topological polar surface area (TPSA) is 89.1 Å². The number of hydrogen-bond acceptors (Lipinski definition) is 4. The SMILES string of the molecule is CC(C)(C)N(C(=O)[O-])c1ccc(-c2cc(C=O)[nH]n2)cc1. The van der Waals surface area contributed by atoms with E-state index in [1.165, 1.54) is 4.90 Å². The molecule has 2 rings (SSSR count). The van der Waals surface area contributed by atoms with Gasteiger partial charge in [0.1, 0.15) is 6.09 Å². The summed E-state index contributed by atoms with van der Waals surface area (Å²) in [7, 11) is 0. The minimum Gasteiger partial charge on any atom is -0.530 e. The van der Waals surface area contributed by atoms with Crippen molar-refractivity contribution in [2.45, 2.75) is 26.3 Å². The second-order valence-electron chi connectivity index (χ2n) is 5.65. The van der Waals surface area contributed by atoms with Crippen LogP contribution >= 0.6 is 0 Å². The third-order valence-corrected chi connectivity index (χ3v) is 3.00. The van der Waals surface area contributed by atoms with Crippen LogP contribution in [0.2, 0.25) is 0 Å². The van der Waals surface area contributed by atoms with Crippen LogP contribution in [0.3, 0.4) is 0 Å². The maximum absolute atomic E-state index is 11.3. The molecule has 0 saturated heterocycles.